The minimum absolute atomic E-state index is 0.632. The fourth-order valence-corrected chi connectivity index (χ4v) is 1.67. The summed E-state index contributed by atoms with van der Waals surface area (Å²) in [7, 11) is 1.82. The van der Waals surface area contributed by atoms with E-state index < -0.39 is 11.7 Å². The van der Waals surface area contributed by atoms with E-state index in [2.05, 4.69) is 0 Å². The Labute approximate surface area is 103 Å². The lowest BCUT2D eigenvalue weighted by atomic mass is 10.2. The van der Waals surface area contributed by atoms with Crippen LogP contribution in [0.25, 0.3) is 0 Å². The van der Waals surface area contributed by atoms with E-state index in [9.17, 15) is 13.2 Å². The van der Waals surface area contributed by atoms with E-state index in [1.165, 1.54) is 12.1 Å². The lowest BCUT2D eigenvalue weighted by Gasteiger charge is -2.20. The first-order chi connectivity index (χ1) is 8.48. The Balaban J connectivity index is 2.25. The third-order valence-corrected chi connectivity index (χ3v) is 2.73. The van der Waals surface area contributed by atoms with Crippen LogP contribution in [0.2, 0.25) is 0 Å². The number of benzene rings is 2. The predicted molar refractivity (Wildman–Crippen MR) is 65.9 cm³/mol. The number of para-hydroxylation sites is 1. The van der Waals surface area contributed by atoms with Crippen LogP contribution in [0.1, 0.15) is 5.56 Å². The van der Waals surface area contributed by atoms with Crippen molar-refractivity contribution < 1.29 is 13.2 Å². The second-order valence-corrected chi connectivity index (χ2v) is 3.94. The summed E-state index contributed by atoms with van der Waals surface area (Å²) in [6.45, 7) is 0. The van der Waals surface area contributed by atoms with Gasteiger partial charge in [0.05, 0.1) is 5.56 Å². The van der Waals surface area contributed by atoms with E-state index in [0.29, 0.717) is 5.69 Å². The molecule has 94 valence electrons. The minimum atomic E-state index is -4.29. The smallest absolute Gasteiger partial charge is 0.345 e. The molecule has 0 spiro atoms. The maximum atomic E-state index is 12.4. The summed E-state index contributed by atoms with van der Waals surface area (Å²) in [5.41, 5.74) is 1.01. The highest BCUT2D eigenvalue weighted by molar-refractivity contribution is 5.62. The van der Waals surface area contributed by atoms with E-state index in [1.54, 1.807) is 0 Å². The Hall–Kier alpha value is -1.97. The third kappa shape index (κ3) is 2.64. The Morgan fingerprint density at radius 1 is 0.778 bits per heavy atom. The fourth-order valence-electron chi connectivity index (χ4n) is 1.67. The Morgan fingerprint density at radius 2 is 1.28 bits per heavy atom. The van der Waals surface area contributed by atoms with Crippen LogP contribution in [0.3, 0.4) is 0 Å². The van der Waals surface area contributed by atoms with Crippen molar-refractivity contribution in [2.45, 2.75) is 6.18 Å². The summed E-state index contributed by atoms with van der Waals surface area (Å²) in [5, 5.41) is 0. The van der Waals surface area contributed by atoms with Gasteiger partial charge in [-0.1, -0.05) is 18.2 Å². The quantitative estimate of drug-likeness (QED) is 0.761. The Morgan fingerprint density at radius 3 is 1.78 bits per heavy atom. The van der Waals surface area contributed by atoms with Crippen LogP contribution in [-0.4, -0.2) is 7.05 Å². The van der Waals surface area contributed by atoms with Gasteiger partial charge in [0.25, 0.3) is 0 Å². The largest absolute Gasteiger partial charge is 0.416 e. The summed E-state index contributed by atoms with van der Waals surface area (Å²) in [4.78, 5) is 1.83. The van der Waals surface area contributed by atoms with Crippen molar-refractivity contribution in [3.05, 3.63) is 60.2 Å². The molecule has 1 nitrogen and oxygen atoms in total. The molecule has 0 aliphatic carbocycles. The Bertz CT molecular complexity index is 503. The van der Waals surface area contributed by atoms with Crippen LogP contribution >= 0.6 is 0 Å². The van der Waals surface area contributed by atoms with E-state index in [0.717, 1.165) is 17.8 Å². The molecule has 0 saturated heterocycles. The number of hydrogen-bond donors (Lipinski definition) is 0. The summed E-state index contributed by atoms with van der Waals surface area (Å²) >= 11 is 0. The zero-order valence-corrected chi connectivity index (χ0v) is 9.78. The van der Waals surface area contributed by atoms with Crippen molar-refractivity contribution in [3.8, 4) is 0 Å². The maximum Gasteiger partial charge on any atom is 0.416 e. The van der Waals surface area contributed by atoms with Crippen molar-refractivity contribution in [3.63, 3.8) is 0 Å². The molecule has 0 heterocycles. The van der Waals surface area contributed by atoms with Gasteiger partial charge in [0.15, 0.2) is 0 Å². The zero-order chi connectivity index (χ0) is 13.2. The highest BCUT2D eigenvalue weighted by atomic mass is 19.4. The van der Waals surface area contributed by atoms with Gasteiger partial charge in [-0.3, -0.25) is 0 Å². The highest BCUT2D eigenvalue weighted by Crippen LogP contribution is 2.31. The molecular weight excluding hydrogens is 239 g/mol. The third-order valence-electron chi connectivity index (χ3n) is 2.73. The van der Waals surface area contributed by atoms with Gasteiger partial charge in [-0.2, -0.15) is 13.2 Å². The fraction of sp³-hybridized carbons (Fsp3) is 0.143. The maximum absolute atomic E-state index is 12.4. The number of rotatable bonds is 2. The van der Waals surface area contributed by atoms with E-state index >= 15 is 0 Å². The van der Waals surface area contributed by atoms with Crippen molar-refractivity contribution in [1.29, 1.82) is 0 Å². The van der Waals surface area contributed by atoms with E-state index in [-0.39, 0.29) is 0 Å². The molecule has 0 radical (unpaired) electrons. The van der Waals surface area contributed by atoms with Gasteiger partial charge < -0.3 is 4.90 Å². The first-order valence-electron chi connectivity index (χ1n) is 5.44. The molecule has 0 atom stereocenters. The second-order valence-electron chi connectivity index (χ2n) is 3.94. The second kappa shape index (κ2) is 4.72. The average Bonchev–Trinajstić information content (AvgIpc) is 2.38. The SMILES string of the molecule is CN(c1ccccc1)c1ccc(C(F)(F)F)cc1. The molecule has 2 aromatic rings. The molecule has 0 bridgehead atoms. The zero-order valence-electron chi connectivity index (χ0n) is 9.78. The number of anilines is 2. The van der Waals surface area contributed by atoms with Crippen LogP contribution in [0, 0.1) is 0 Å². The summed E-state index contributed by atoms with van der Waals surface area (Å²) < 4.78 is 37.3. The lowest BCUT2D eigenvalue weighted by molar-refractivity contribution is -0.137. The number of hydrogen-bond acceptors (Lipinski definition) is 1. The van der Waals surface area contributed by atoms with Gasteiger partial charge in [0.1, 0.15) is 0 Å². The van der Waals surface area contributed by atoms with E-state index in [4.69, 9.17) is 0 Å². The van der Waals surface area contributed by atoms with Crippen LogP contribution < -0.4 is 4.90 Å². The normalized spacial score (nSPS) is 11.3. The molecule has 2 rings (SSSR count). The first kappa shape index (κ1) is 12.5. The highest BCUT2D eigenvalue weighted by Gasteiger charge is 2.30. The summed E-state index contributed by atoms with van der Waals surface area (Å²) in [5.74, 6) is 0. The average molecular weight is 251 g/mol. The van der Waals surface area contributed by atoms with Gasteiger partial charge in [0, 0.05) is 18.4 Å². The van der Waals surface area contributed by atoms with E-state index in [1.807, 2.05) is 42.3 Å². The molecule has 0 N–H and O–H groups in total. The lowest BCUT2D eigenvalue weighted by Crippen LogP contribution is -2.10. The van der Waals surface area contributed by atoms with Crippen LogP contribution in [-0.2, 0) is 6.18 Å². The van der Waals surface area contributed by atoms with Crippen LogP contribution in [0.5, 0.6) is 0 Å². The van der Waals surface area contributed by atoms with Gasteiger partial charge >= 0.3 is 6.18 Å². The minimum Gasteiger partial charge on any atom is -0.345 e. The predicted octanol–water partition coefficient (Wildman–Crippen LogP) is 4.47. The van der Waals surface area contributed by atoms with Crippen LogP contribution in [0.4, 0.5) is 24.5 Å². The molecule has 0 aromatic heterocycles. The number of halogens is 3. The molecule has 0 unspecified atom stereocenters. The standard InChI is InChI=1S/C14H12F3N/c1-18(12-5-3-2-4-6-12)13-9-7-11(8-10-13)14(15,16)17/h2-10H,1H3. The van der Waals surface area contributed by atoms with Gasteiger partial charge in [-0.15, -0.1) is 0 Å². The molecule has 2 aromatic carbocycles. The Kier molecular flexibility index (Phi) is 3.28. The molecule has 0 aliphatic heterocycles. The topological polar surface area (TPSA) is 3.24 Å². The van der Waals surface area contributed by atoms with Gasteiger partial charge in [-0.05, 0) is 36.4 Å². The molecule has 0 aliphatic rings. The van der Waals surface area contributed by atoms with Crippen molar-refractivity contribution in [1.82, 2.24) is 0 Å². The molecule has 18 heavy (non-hydrogen) atoms. The summed E-state index contributed by atoms with van der Waals surface area (Å²) in [6.07, 6.45) is -4.29. The molecule has 0 amide bonds. The number of alkyl halides is 3. The van der Waals surface area contributed by atoms with Crippen molar-refractivity contribution in [2.75, 3.05) is 11.9 Å². The van der Waals surface area contributed by atoms with Crippen LogP contribution in [0.15, 0.2) is 54.6 Å². The van der Waals surface area contributed by atoms with Gasteiger partial charge in [-0.25, -0.2) is 0 Å². The van der Waals surface area contributed by atoms with Crippen molar-refractivity contribution in [2.24, 2.45) is 0 Å². The summed E-state index contributed by atoms with van der Waals surface area (Å²) in [6, 6.07) is 14.6. The monoisotopic (exact) mass is 251 g/mol. The number of nitrogens with zero attached hydrogens (tertiary/aromatic N) is 1. The first-order valence-corrected chi connectivity index (χ1v) is 5.44. The molecule has 4 heteroatoms. The molecular formula is C14H12F3N. The molecule has 0 fully saturated rings. The molecule has 0 saturated carbocycles. The van der Waals surface area contributed by atoms with Crippen molar-refractivity contribution >= 4 is 11.4 Å². The van der Waals surface area contributed by atoms with Gasteiger partial charge in [0.2, 0.25) is 0 Å².